The van der Waals surface area contributed by atoms with Gasteiger partial charge in [0, 0.05) is 16.9 Å². The molecule has 0 aliphatic heterocycles. The van der Waals surface area contributed by atoms with E-state index >= 15 is 0 Å². The average Bonchev–Trinajstić information content (AvgIpc) is 2.09. The molecule has 0 aliphatic carbocycles. The maximum Gasteiger partial charge on any atom is 0.0651 e. The van der Waals surface area contributed by atoms with E-state index in [9.17, 15) is 0 Å². The van der Waals surface area contributed by atoms with Crippen molar-refractivity contribution in [2.24, 2.45) is 5.73 Å². The van der Waals surface area contributed by atoms with Crippen molar-refractivity contribution < 1.29 is 5.11 Å². The fourth-order valence-electron chi connectivity index (χ4n) is 1.16. The summed E-state index contributed by atoms with van der Waals surface area (Å²) in [4.78, 5) is 4.02. The van der Waals surface area contributed by atoms with Crippen LogP contribution in [-0.2, 0) is 5.54 Å². The van der Waals surface area contributed by atoms with Crippen molar-refractivity contribution >= 4 is 15.9 Å². The zero-order valence-corrected chi connectivity index (χ0v) is 9.30. The summed E-state index contributed by atoms with van der Waals surface area (Å²) in [6, 6.07) is 0. The van der Waals surface area contributed by atoms with Crippen LogP contribution in [-0.4, -0.2) is 16.7 Å². The Balaban J connectivity index is 3.22. The molecule has 1 atom stereocenters. The number of aliphatic hydroxyl groups is 1. The number of pyridine rings is 1. The Labute approximate surface area is 86.1 Å². The first-order chi connectivity index (χ1) is 5.99. The number of hydrogen-bond acceptors (Lipinski definition) is 3. The van der Waals surface area contributed by atoms with Crippen LogP contribution in [0.2, 0.25) is 0 Å². The lowest BCUT2D eigenvalue weighted by Crippen LogP contribution is -2.37. The molecule has 0 radical (unpaired) electrons. The minimum Gasteiger partial charge on any atom is -0.394 e. The van der Waals surface area contributed by atoms with Gasteiger partial charge in [-0.15, -0.1) is 0 Å². The van der Waals surface area contributed by atoms with Crippen LogP contribution in [0.25, 0.3) is 0 Å². The molecular weight excluding hydrogens is 232 g/mol. The predicted octanol–water partition coefficient (Wildman–Crippen LogP) is 1.32. The highest BCUT2D eigenvalue weighted by atomic mass is 79.9. The fraction of sp³-hybridized carbons (Fsp3) is 0.444. The molecule has 1 aromatic rings. The molecule has 4 heteroatoms. The number of nitrogens with two attached hydrogens (primary N) is 1. The number of hydrogen-bond donors (Lipinski definition) is 2. The quantitative estimate of drug-likeness (QED) is 0.826. The van der Waals surface area contributed by atoms with E-state index in [1.54, 1.807) is 19.3 Å². The van der Waals surface area contributed by atoms with E-state index in [4.69, 9.17) is 10.8 Å². The SMILES string of the molecule is Cc1c(Br)cncc1[C@](C)(N)CO. The van der Waals surface area contributed by atoms with Crippen LogP contribution in [0.3, 0.4) is 0 Å². The van der Waals surface area contributed by atoms with E-state index < -0.39 is 5.54 Å². The second-order valence-electron chi connectivity index (χ2n) is 3.37. The average molecular weight is 245 g/mol. The highest BCUT2D eigenvalue weighted by Gasteiger charge is 2.23. The van der Waals surface area contributed by atoms with E-state index in [0.29, 0.717) is 0 Å². The molecule has 1 aromatic heterocycles. The van der Waals surface area contributed by atoms with Gasteiger partial charge in [-0.05, 0) is 40.9 Å². The number of aromatic nitrogens is 1. The molecule has 0 unspecified atom stereocenters. The molecule has 0 amide bonds. The normalized spacial score (nSPS) is 15.5. The lowest BCUT2D eigenvalue weighted by Gasteiger charge is -2.24. The minimum atomic E-state index is -0.721. The van der Waals surface area contributed by atoms with Crippen LogP contribution < -0.4 is 5.73 Å². The Morgan fingerprint density at radius 3 is 2.77 bits per heavy atom. The standard InChI is InChI=1S/C9H13BrN2O/c1-6-7(9(2,11)5-13)3-12-4-8(6)10/h3-4,13H,5,11H2,1-2H3/t9-/m1/s1. The fourth-order valence-corrected chi connectivity index (χ4v) is 1.49. The summed E-state index contributed by atoms with van der Waals surface area (Å²) < 4.78 is 0.912. The summed E-state index contributed by atoms with van der Waals surface area (Å²) >= 11 is 3.37. The van der Waals surface area contributed by atoms with Gasteiger partial charge in [-0.25, -0.2) is 0 Å². The number of nitrogens with zero attached hydrogens (tertiary/aromatic N) is 1. The largest absolute Gasteiger partial charge is 0.394 e. The molecule has 1 heterocycles. The maximum atomic E-state index is 9.09. The van der Waals surface area contributed by atoms with E-state index in [1.165, 1.54) is 0 Å². The van der Waals surface area contributed by atoms with Crippen molar-refractivity contribution in [2.75, 3.05) is 6.61 Å². The van der Waals surface area contributed by atoms with Crippen LogP contribution in [0.4, 0.5) is 0 Å². The van der Waals surface area contributed by atoms with Crippen molar-refractivity contribution in [3.63, 3.8) is 0 Å². The summed E-state index contributed by atoms with van der Waals surface area (Å²) in [6.07, 6.45) is 3.41. The third kappa shape index (κ3) is 2.07. The zero-order chi connectivity index (χ0) is 10.1. The Morgan fingerprint density at radius 2 is 2.23 bits per heavy atom. The first-order valence-corrected chi connectivity index (χ1v) is 4.78. The highest BCUT2D eigenvalue weighted by molar-refractivity contribution is 9.10. The van der Waals surface area contributed by atoms with Crippen LogP contribution in [0.5, 0.6) is 0 Å². The number of halogens is 1. The molecule has 0 spiro atoms. The third-order valence-corrected chi connectivity index (χ3v) is 2.90. The second-order valence-corrected chi connectivity index (χ2v) is 4.22. The third-order valence-electron chi connectivity index (χ3n) is 2.10. The Hall–Kier alpha value is -0.450. The van der Waals surface area contributed by atoms with Crippen LogP contribution >= 0.6 is 15.9 Å². The van der Waals surface area contributed by atoms with Gasteiger partial charge in [0.25, 0.3) is 0 Å². The number of rotatable bonds is 2. The topological polar surface area (TPSA) is 59.1 Å². The predicted molar refractivity (Wildman–Crippen MR) is 55.3 cm³/mol. The van der Waals surface area contributed by atoms with E-state index in [2.05, 4.69) is 20.9 Å². The Morgan fingerprint density at radius 1 is 1.62 bits per heavy atom. The van der Waals surface area contributed by atoms with Gasteiger partial charge in [0.2, 0.25) is 0 Å². The molecule has 0 bridgehead atoms. The summed E-state index contributed by atoms with van der Waals surface area (Å²) in [5.41, 5.74) is 7.06. The van der Waals surface area contributed by atoms with Gasteiger partial charge in [0.1, 0.15) is 0 Å². The van der Waals surface area contributed by atoms with E-state index in [-0.39, 0.29) is 6.61 Å². The molecule has 13 heavy (non-hydrogen) atoms. The first kappa shape index (κ1) is 10.6. The van der Waals surface area contributed by atoms with Crippen LogP contribution in [0, 0.1) is 6.92 Å². The van der Waals surface area contributed by atoms with Crippen LogP contribution in [0.1, 0.15) is 18.1 Å². The van der Waals surface area contributed by atoms with Crippen LogP contribution in [0.15, 0.2) is 16.9 Å². The lowest BCUT2D eigenvalue weighted by molar-refractivity contribution is 0.209. The second kappa shape index (κ2) is 3.74. The van der Waals surface area contributed by atoms with Gasteiger partial charge in [0.15, 0.2) is 0 Å². The lowest BCUT2D eigenvalue weighted by atomic mass is 9.92. The van der Waals surface area contributed by atoms with E-state index in [1.807, 2.05) is 6.92 Å². The summed E-state index contributed by atoms with van der Waals surface area (Å²) in [5, 5.41) is 9.09. The van der Waals surface area contributed by atoms with Crippen molar-refractivity contribution in [1.29, 1.82) is 0 Å². The van der Waals surface area contributed by atoms with Gasteiger partial charge in [-0.1, -0.05) is 0 Å². The molecule has 0 saturated carbocycles. The van der Waals surface area contributed by atoms with Crippen molar-refractivity contribution in [1.82, 2.24) is 4.98 Å². The van der Waals surface area contributed by atoms with Gasteiger partial charge < -0.3 is 10.8 Å². The molecule has 0 aromatic carbocycles. The molecule has 0 aliphatic rings. The van der Waals surface area contributed by atoms with Crippen molar-refractivity contribution in [3.05, 3.63) is 28.0 Å². The van der Waals surface area contributed by atoms with Gasteiger partial charge in [-0.3, -0.25) is 4.98 Å². The monoisotopic (exact) mass is 244 g/mol. The Bertz CT molecular complexity index is 312. The molecule has 3 nitrogen and oxygen atoms in total. The summed E-state index contributed by atoms with van der Waals surface area (Å²) in [7, 11) is 0. The highest BCUT2D eigenvalue weighted by Crippen LogP contribution is 2.25. The first-order valence-electron chi connectivity index (χ1n) is 3.99. The molecular formula is C9H13BrN2O. The molecule has 1 rings (SSSR count). The summed E-state index contributed by atoms with van der Waals surface area (Å²) in [6.45, 7) is 3.64. The maximum absolute atomic E-state index is 9.09. The Kier molecular flexibility index (Phi) is 3.05. The van der Waals surface area contributed by atoms with Gasteiger partial charge in [0.05, 0.1) is 12.1 Å². The van der Waals surface area contributed by atoms with Crippen molar-refractivity contribution in [3.8, 4) is 0 Å². The van der Waals surface area contributed by atoms with Gasteiger partial charge >= 0.3 is 0 Å². The van der Waals surface area contributed by atoms with Crippen molar-refractivity contribution in [2.45, 2.75) is 19.4 Å². The number of aliphatic hydroxyl groups excluding tert-OH is 1. The van der Waals surface area contributed by atoms with E-state index in [0.717, 1.165) is 15.6 Å². The molecule has 0 fully saturated rings. The molecule has 0 saturated heterocycles. The smallest absolute Gasteiger partial charge is 0.0651 e. The molecule has 3 N–H and O–H groups in total. The zero-order valence-electron chi connectivity index (χ0n) is 7.71. The summed E-state index contributed by atoms with van der Waals surface area (Å²) in [5.74, 6) is 0. The molecule has 72 valence electrons. The van der Waals surface area contributed by atoms with Gasteiger partial charge in [-0.2, -0.15) is 0 Å². The minimum absolute atomic E-state index is 0.0913.